The van der Waals surface area contributed by atoms with Crippen molar-refractivity contribution in [2.75, 3.05) is 0 Å². The number of carbonyl (C=O) groups excluding carboxylic acids is 1. The van der Waals surface area contributed by atoms with Crippen molar-refractivity contribution in [3.8, 4) is 5.75 Å². The fourth-order valence-corrected chi connectivity index (χ4v) is 0.972. The molecule has 0 aromatic heterocycles. The first-order valence-corrected chi connectivity index (χ1v) is 3.93. The molecule has 0 amide bonds. The topological polar surface area (TPSA) is 37.3 Å². The van der Waals surface area contributed by atoms with E-state index in [9.17, 15) is 13.6 Å². The summed E-state index contributed by atoms with van der Waals surface area (Å²) in [5, 5.41) is 8.83. The lowest BCUT2D eigenvalue weighted by Gasteiger charge is -1.99. The third kappa shape index (κ3) is 2.39. The van der Waals surface area contributed by atoms with Gasteiger partial charge in [-0.15, -0.1) is 0 Å². The van der Waals surface area contributed by atoms with Crippen molar-refractivity contribution in [2.24, 2.45) is 0 Å². The van der Waals surface area contributed by atoms with E-state index in [-0.39, 0.29) is 12.0 Å². The quantitative estimate of drug-likeness (QED) is 0.756. The lowest BCUT2D eigenvalue weighted by atomic mass is 10.1. The maximum Gasteiger partial charge on any atom is 0.137 e. The van der Waals surface area contributed by atoms with Crippen LogP contribution in [0.1, 0.15) is 12.0 Å². The van der Waals surface area contributed by atoms with Gasteiger partial charge in [0.2, 0.25) is 0 Å². The number of aromatic hydroxyl groups is 1. The Morgan fingerprint density at radius 1 is 1.29 bits per heavy atom. The highest BCUT2D eigenvalue weighted by atomic mass is 19.1. The second-order valence-electron chi connectivity index (χ2n) is 2.63. The molecule has 0 radical (unpaired) electrons. The number of benzene rings is 1. The summed E-state index contributed by atoms with van der Waals surface area (Å²) in [5.74, 6) is -2.18. The van der Waals surface area contributed by atoms with Crippen LogP contribution in [0.2, 0.25) is 0 Å². The van der Waals surface area contributed by atoms with E-state index in [0.29, 0.717) is 6.29 Å². The molecule has 4 heteroatoms. The molecular formula is C10H8F2O2. The molecule has 0 fully saturated rings. The van der Waals surface area contributed by atoms with Crippen molar-refractivity contribution in [1.29, 1.82) is 0 Å². The van der Waals surface area contributed by atoms with E-state index in [0.717, 1.165) is 12.1 Å². The molecule has 0 heterocycles. The van der Waals surface area contributed by atoms with Gasteiger partial charge in [-0.3, -0.25) is 0 Å². The summed E-state index contributed by atoms with van der Waals surface area (Å²) in [6.07, 6.45) is 3.22. The van der Waals surface area contributed by atoms with Crippen LogP contribution in [0.5, 0.6) is 5.75 Å². The number of aldehydes is 1. The summed E-state index contributed by atoms with van der Waals surface area (Å²) >= 11 is 0. The molecule has 0 spiro atoms. The minimum absolute atomic E-state index is 0.0970. The minimum Gasteiger partial charge on any atom is -0.508 e. The Labute approximate surface area is 79.5 Å². The van der Waals surface area contributed by atoms with E-state index in [1.165, 1.54) is 12.2 Å². The molecule has 1 N–H and O–H groups in total. The summed E-state index contributed by atoms with van der Waals surface area (Å²) in [6, 6.07) is 1.62. The predicted molar refractivity (Wildman–Crippen MR) is 47.7 cm³/mol. The highest BCUT2D eigenvalue weighted by molar-refractivity contribution is 5.59. The Hall–Kier alpha value is -1.71. The average Bonchev–Trinajstić information content (AvgIpc) is 2.09. The smallest absolute Gasteiger partial charge is 0.137 e. The Bertz CT molecular complexity index is 349. The molecule has 0 aliphatic carbocycles. The molecule has 0 atom stereocenters. The summed E-state index contributed by atoms with van der Waals surface area (Å²) in [5.41, 5.74) is -0.260. The first kappa shape index (κ1) is 10.4. The normalized spacial score (nSPS) is 10.7. The van der Waals surface area contributed by atoms with Gasteiger partial charge in [0.15, 0.2) is 0 Å². The van der Waals surface area contributed by atoms with Crippen LogP contribution in [0.25, 0.3) is 6.08 Å². The Balaban J connectivity index is 3.02. The third-order valence-corrected chi connectivity index (χ3v) is 1.58. The first-order valence-electron chi connectivity index (χ1n) is 3.93. The molecule has 0 bridgehead atoms. The van der Waals surface area contributed by atoms with Gasteiger partial charge in [-0.2, -0.15) is 0 Å². The van der Waals surface area contributed by atoms with Crippen molar-refractivity contribution >= 4 is 12.4 Å². The largest absolute Gasteiger partial charge is 0.508 e. The molecule has 0 unspecified atom stereocenters. The summed E-state index contributed by atoms with van der Waals surface area (Å²) < 4.78 is 26.0. The Morgan fingerprint density at radius 2 is 1.86 bits per heavy atom. The minimum atomic E-state index is -0.857. The number of carbonyl (C=O) groups is 1. The number of phenolic OH excluding ortho intramolecular Hbond substituents is 1. The number of halogens is 2. The second-order valence-corrected chi connectivity index (χ2v) is 2.63. The van der Waals surface area contributed by atoms with Gasteiger partial charge < -0.3 is 9.90 Å². The van der Waals surface area contributed by atoms with Gasteiger partial charge in [-0.1, -0.05) is 12.2 Å². The molecule has 0 saturated carbocycles. The fraction of sp³-hybridized carbons (Fsp3) is 0.100. The zero-order valence-corrected chi connectivity index (χ0v) is 7.21. The predicted octanol–water partition coefficient (Wildman–Crippen LogP) is 2.27. The van der Waals surface area contributed by atoms with Crippen LogP contribution in [-0.2, 0) is 4.79 Å². The van der Waals surface area contributed by atoms with E-state index in [1.807, 2.05) is 0 Å². The molecule has 2 nitrogen and oxygen atoms in total. The number of hydrogen-bond donors (Lipinski definition) is 1. The number of rotatable bonds is 3. The van der Waals surface area contributed by atoms with Gasteiger partial charge in [0.05, 0.1) is 0 Å². The van der Waals surface area contributed by atoms with Crippen LogP contribution < -0.4 is 0 Å². The lowest BCUT2D eigenvalue weighted by Crippen LogP contribution is -1.88. The standard InChI is InChI=1S/C10H8F2O2/c11-9-5-7(14)6-10(12)8(9)3-1-2-4-13/h1,3-6,14H,2H2. The van der Waals surface area contributed by atoms with E-state index in [1.54, 1.807) is 0 Å². The van der Waals surface area contributed by atoms with Crippen LogP contribution in [0.3, 0.4) is 0 Å². The number of allylic oxidation sites excluding steroid dienone is 1. The molecule has 0 saturated heterocycles. The number of phenols is 1. The van der Waals surface area contributed by atoms with Gasteiger partial charge in [0.1, 0.15) is 23.7 Å². The Morgan fingerprint density at radius 3 is 2.36 bits per heavy atom. The van der Waals surface area contributed by atoms with Crippen LogP contribution in [-0.4, -0.2) is 11.4 Å². The lowest BCUT2D eigenvalue weighted by molar-refractivity contribution is -0.107. The van der Waals surface area contributed by atoms with Gasteiger partial charge in [-0.25, -0.2) is 8.78 Å². The third-order valence-electron chi connectivity index (χ3n) is 1.58. The van der Waals surface area contributed by atoms with Gasteiger partial charge >= 0.3 is 0 Å². The highest BCUT2D eigenvalue weighted by Crippen LogP contribution is 2.20. The highest BCUT2D eigenvalue weighted by Gasteiger charge is 2.07. The van der Waals surface area contributed by atoms with Crippen molar-refractivity contribution in [3.63, 3.8) is 0 Å². The summed E-state index contributed by atoms with van der Waals surface area (Å²) in [7, 11) is 0. The van der Waals surface area contributed by atoms with Crippen molar-refractivity contribution < 1.29 is 18.7 Å². The van der Waals surface area contributed by atoms with Crippen LogP contribution in [0, 0.1) is 11.6 Å². The van der Waals surface area contributed by atoms with Gasteiger partial charge in [-0.05, 0) is 0 Å². The molecule has 1 aromatic rings. The molecule has 14 heavy (non-hydrogen) atoms. The van der Waals surface area contributed by atoms with Crippen LogP contribution in [0.4, 0.5) is 8.78 Å². The maximum absolute atomic E-state index is 13.0. The molecule has 1 aromatic carbocycles. The second kappa shape index (κ2) is 4.50. The van der Waals surface area contributed by atoms with Crippen LogP contribution >= 0.6 is 0 Å². The van der Waals surface area contributed by atoms with Crippen molar-refractivity contribution in [1.82, 2.24) is 0 Å². The molecule has 74 valence electrons. The van der Waals surface area contributed by atoms with Crippen molar-refractivity contribution in [3.05, 3.63) is 35.4 Å². The number of hydrogen-bond acceptors (Lipinski definition) is 2. The zero-order chi connectivity index (χ0) is 10.6. The molecular weight excluding hydrogens is 190 g/mol. The summed E-state index contributed by atoms with van der Waals surface area (Å²) in [4.78, 5) is 9.94. The molecule has 0 aliphatic rings. The zero-order valence-electron chi connectivity index (χ0n) is 7.21. The van der Waals surface area contributed by atoms with E-state index in [4.69, 9.17) is 5.11 Å². The van der Waals surface area contributed by atoms with Crippen molar-refractivity contribution in [2.45, 2.75) is 6.42 Å². The Kier molecular flexibility index (Phi) is 3.34. The van der Waals surface area contributed by atoms with E-state index < -0.39 is 17.4 Å². The van der Waals surface area contributed by atoms with Crippen LogP contribution in [0.15, 0.2) is 18.2 Å². The van der Waals surface area contributed by atoms with Gasteiger partial charge in [0.25, 0.3) is 0 Å². The fourth-order valence-electron chi connectivity index (χ4n) is 0.972. The molecule has 0 aliphatic heterocycles. The SMILES string of the molecule is O=CCC=Cc1c(F)cc(O)cc1F. The first-order chi connectivity index (χ1) is 6.65. The van der Waals surface area contributed by atoms with E-state index in [2.05, 4.69) is 0 Å². The maximum atomic E-state index is 13.0. The van der Waals surface area contributed by atoms with E-state index >= 15 is 0 Å². The van der Waals surface area contributed by atoms with Gasteiger partial charge in [0, 0.05) is 24.1 Å². The average molecular weight is 198 g/mol. The summed E-state index contributed by atoms with van der Waals surface area (Å²) in [6.45, 7) is 0. The monoisotopic (exact) mass is 198 g/mol. The molecule has 1 rings (SSSR count).